The lowest BCUT2D eigenvalue weighted by molar-refractivity contribution is -0.136. The molecule has 1 aromatic rings. The van der Waals surface area contributed by atoms with Crippen molar-refractivity contribution in [1.82, 2.24) is 0 Å². The van der Waals surface area contributed by atoms with E-state index in [1.165, 1.54) is 6.07 Å². The van der Waals surface area contributed by atoms with E-state index in [2.05, 4.69) is 15.9 Å². The normalized spacial score (nSPS) is 11.3. The fourth-order valence-corrected chi connectivity index (χ4v) is 1.50. The summed E-state index contributed by atoms with van der Waals surface area (Å²) >= 11 is 3.16. The van der Waals surface area contributed by atoms with Crippen LogP contribution in [-0.2, 0) is 0 Å². The number of benzene rings is 1. The third kappa shape index (κ3) is 5.21. The lowest BCUT2D eigenvalue weighted by Crippen LogP contribution is -2.09. The second-order valence-corrected chi connectivity index (χ2v) is 4.22. The topological polar surface area (TPSA) is 26.3 Å². The maximum Gasteiger partial charge on any atom is 0.389 e. The number of ether oxygens (including phenoxy) is 1. The Morgan fingerprint density at radius 2 is 2.06 bits per heavy atom. The van der Waals surface area contributed by atoms with Gasteiger partial charge in [0.05, 0.1) is 6.61 Å². The molecule has 6 heteroatoms. The van der Waals surface area contributed by atoms with Gasteiger partial charge in [-0.3, -0.25) is 4.79 Å². The first-order chi connectivity index (χ1) is 7.92. The van der Waals surface area contributed by atoms with Crippen LogP contribution in [0.3, 0.4) is 0 Å². The number of alkyl halides is 3. The summed E-state index contributed by atoms with van der Waals surface area (Å²) in [7, 11) is 0. The van der Waals surface area contributed by atoms with Crippen LogP contribution in [0.15, 0.2) is 22.7 Å². The minimum absolute atomic E-state index is 0.0283. The summed E-state index contributed by atoms with van der Waals surface area (Å²) in [6, 6.07) is 4.68. The Balaban J connectivity index is 2.45. The molecule has 2 nitrogen and oxygen atoms in total. The van der Waals surface area contributed by atoms with E-state index in [-0.39, 0.29) is 13.0 Å². The Morgan fingerprint density at radius 3 is 2.65 bits per heavy atom. The van der Waals surface area contributed by atoms with Crippen molar-refractivity contribution in [2.75, 3.05) is 6.61 Å². The van der Waals surface area contributed by atoms with Crippen molar-refractivity contribution in [1.29, 1.82) is 0 Å². The SMILES string of the molecule is O=Cc1cc(OCCCC(F)(F)F)ccc1Br. The maximum atomic E-state index is 11.8. The number of carbonyl (C=O) groups excluding carboxylic acids is 1. The van der Waals surface area contributed by atoms with E-state index in [4.69, 9.17) is 4.74 Å². The molecule has 0 aliphatic heterocycles. The highest BCUT2D eigenvalue weighted by Crippen LogP contribution is 2.23. The number of carbonyl (C=O) groups is 1. The zero-order chi connectivity index (χ0) is 12.9. The zero-order valence-corrected chi connectivity index (χ0v) is 10.3. The molecule has 0 heterocycles. The molecule has 0 N–H and O–H groups in total. The first-order valence-electron chi connectivity index (χ1n) is 4.86. The van der Waals surface area contributed by atoms with E-state index < -0.39 is 12.6 Å². The van der Waals surface area contributed by atoms with Gasteiger partial charge in [0.25, 0.3) is 0 Å². The van der Waals surface area contributed by atoms with Crippen LogP contribution >= 0.6 is 15.9 Å². The highest BCUT2D eigenvalue weighted by molar-refractivity contribution is 9.10. The van der Waals surface area contributed by atoms with Crippen molar-refractivity contribution in [3.63, 3.8) is 0 Å². The number of halogens is 4. The summed E-state index contributed by atoms with van der Waals surface area (Å²) in [5.41, 5.74) is 0.401. The average molecular weight is 311 g/mol. The predicted octanol–water partition coefficient (Wildman–Crippen LogP) is 3.98. The summed E-state index contributed by atoms with van der Waals surface area (Å²) < 4.78 is 41.3. The fraction of sp³-hybridized carbons (Fsp3) is 0.364. The Bertz CT molecular complexity index is 391. The maximum absolute atomic E-state index is 11.8. The van der Waals surface area contributed by atoms with Crippen LogP contribution in [0.5, 0.6) is 5.75 Å². The van der Waals surface area contributed by atoms with E-state index in [0.29, 0.717) is 22.1 Å². The van der Waals surface area contributed by atoms with Gasteiger partial charge in [-0.05, 0) is 24.6 Å². The second kappa shape index (κ2) is 6.05. The molecular weight excluding hydrogens is 301 g/mol. The smallest absolute Gasteiger partial charge is 0.389 e. The van der Waals surface area contributed by atoms with Crippen molar-refractivity contribution >= 4 is 22.2 Å². The highest BCUT2D eigenvalue weighted by Gasteiger charge is 2.26. The van der Waals surface area contributed by atoms with Crippen molar-refractivity contribution in [3.8, 4) is 5.75 Å². The molecule has 0 bridgehead atoms. The van der Waals surface area contributed by atoms with Gasteiger partial charge in [-0.25, -0.2) is 0 Å². The van der Waals surface area contributed by atoms with Gasteiger partial charge in [0.15, 0.2) is 6.29 Å². The molecule has 0 radical (unpaired) electrons. The molecule has 0 unspecified atom stereocenters. The van der Waals surface area contributed by atoms with Crippen LogP contribution in [0.4, 0.5) is 13.2 Å². The van der Waals surface area contributed by atoms with Gasteiger partial charge < -0.3 is 4.74 Å². The number of hydrogen-bond acceptors (Lipinski definition) is 2. The van der Waals surface area contributed by atoms with Crippen LogP contribution in [0.2, 0.25) is 0 Å². The third-order valence-electron chi connectivity index (χ3n) is 1.97. The minimum atomic E-state index is -4.16. The highest BCUT2D eigenvalue weighted by atomic mass is 79.9. The molecule has 1 aromatic carbocycles. The average Bonchev–Trinajstić information content (AvgIpc) is 2.25. The summed E-state index contributed by atoms with van der Waals surface area (Å²) in [6.07, 6.45) is -4.48. The summed E-state index contributed by atoms with van der Waals surface area (Å²) in [5.74, 6) is 0.387. The lowest BCUT2D eigenvalue weighted by Gasteiger charge is -2.08. The molecule has 0 fully saturated rings. The molecule has 0 spiro atoms. The number of aldehydes is 1. The van der Waals surface area contributed by atoms with E-state index in [9.17, 15) is 18.0 Å². The standard InChI is InChI=1S/C11H10BrF3O2/c12-10-3-2-9(6-8(10)7-16)17-5-1-4-11(13,14)15/h2-3,6-7H,1,4-5H2. The lowest BCUT2D eigenvalue weighted by atomic mass is 10.2. The molecule has 0 saturated heterocycles. The second-order valence-electron chi connectivity index (χ2n) is 3.37. The zero-order valence-electron chi connectivity index (χ0n) is 8.76. The van der Waals surface area contributed by atoms with Crippen LogP contribution in [-0.4, -0.2) is 19.1 Å². The number of hydrogen-bond donors (Lipinski definition) is 0. The molecule has 0 aliphatic rings. The molecule has 0 aromatic heterocycles. The van der Waals surface area contributed by atoms with Crippen molar-refractivity contribution in [3.05, 3.63) is 28.2 Å². The molecule has 0 aliphatic carbocycles. The van der Waals surface area contributed by atoms with Gasteiger partial charge in [-0.15, -0.1) is 0 Å². The third-order valence-corrected chi connectivity index (χ3v) is 2.69. The molecule has 0 amide bonds. The summed E-state index contributed by atoms with van der Waals surface area (Å²) in [4.78, 5) is 10.6. The van der Waals surface area contributed by atoms with Crippen molar-refractivity contribution in [2.24, 2.45) is 0 Å². The van der Waals surface area contributed by atoms with E-state index in [1.54, 1.807) is 12.1 Å². The molecule has 0 atom stereocenters. The molecule has 94 valence electrons. The van der Waals surface area contributed by atoms with Gasteiger partial charge in [-0.2, -0.15) is 13.2 Å². The first-order valence-corrected chi connectivity index (χ1v) is 5.66. The van der Waals surface area contributed by atoms with E-state index in [1.807, 2.05) is 0 Å². The monoisotopic (exact) mass is 310 g/mol. The Hall–Kier alpha value is -1.04. The summed E-state index contributed by atoms with van der Waals surface area (Å²) in [5, 5.41) is 0. The molecule has 0 saturated carbocycles. The number of rotatable bonds is 5. The van der Waals surface area contributed by atoms with E-state index in [0.717, 1.165) is 0 Å². The van der Waals surface area contributed by atoms with Crippen LogP contribution in [0.1, 0.15) is 23.2 Å². The van der Waals surface area contributed by atoms with Crippen LogP contribution < -0.4 is 4.74 Å². The molecule has 1 rings (SSSR count). The molecule has 17 heavy (non-hydrogen) atoms. The van der Waals surface area contributed by atoms with Gasteiger partial charge in [0.1, 0.15) is 5.75 Å². The van der Waals surface area contributed by atoms with Crippen LogP contribution in [0, 0.1) is 0 Å². The van der Waals surface area contributed by atoms with Crippen molar-refractivity contribution in [2.45, 2.75) is 19.0 Å². The Morgan fingerprint density at radius 1 is 1.35 bits per heavy atom. The fourth-order valence-electron chi connectivity index (χ4n) is 1.16. The van der Waals surface area contributed by atoms with Crippen LogP contribution in [0.25, 0.3) is 0 Å². The largest absolute Gasteiger partial charge is 0.494 e. The Labute approximate surface area is 105 Å². The minimum Gasteiger partial charge on any atom is -0.494 e. The predicted molar refractivity (Wildman–Crippen MR) is 60.3 cm³/mol. The quantitative estimate of drug-likeness (QED) is 0.607. The Kier molecular flexibility index (Phi) is 4.99. The van der Waals surface area contributed by atoms with Gasteiger partial charge in [0, 0.05) is 16.5 Å². The molecular formula is C11H10BrF3O2. The van der Waals surface area contributed by atoms with Gasteiger partial charge in [0.2, 0.25) is 0 Å². The van der Waals surface area contributed by atoms with Gasteiger partial charge in [-0.1, -0.05) is 15.9 Å². The van der Waals surface area contributed by atoms with Crippen molar-refractivity contribution < 1.29 is 22.7 Å². The summed E-state index contributed by atoms with van der Waals surface area (Å²) in [6.45, 7) is -0.0283. The van der Waals surface area contributed by atoms with E-state index >= 15 is 0 Å². The van der Waals surface area contributed by atoms with Gasteiger partial charge >= 0.3 is 6.18 Å². The first kappa shape index (κ1) is 14.0.